The molecule has 5 heteroatoms. The number of piperidine rings is 1. The summed E-state index contributed by atoms with van der Waals surface area (Å²) in [5.41, 5.74) is 4.68. The number of halogens is 1. The summed E-state index contributed by atoms with van der Waals surface area (Å²) in [5, 5.41) is 0.253. The van der Waals surface area contributed by atoms with Gasteiger partial charge in [0.2, 0.25) is 0 Å². The van der Waals surface area contributed by atoms with Crippen molar-refractivity contribution >= 4 is 22.7 Å². The molecule has 1 saturated heterocycles. The van der Waals surface area contributed by atoms with Crippen LogP contribution in [-0.2, 0) is 5.41 Å². The molecule has 3 heterocycles. The Hall–Kier alpha value is -2.17. The molecule has 2 aromatic rings. The number of hydrogen-bond donors (Lipinski definition) is 0. The summed E-state index contributed by atoms with van der Waals surface area (Å²) in [5.74, 6) is 1.47. The van der Waals surface area contributed by atoms with E-state index in [0.717, 1.165) is 50.3 Å². The molecule has 0 atom stereocenters. The molecule has 5 rings (SSSR count). The summed E-state index contributed by atoms with van der Waals surface area (Å²) in [7, 11) is 2.20. The summed E-state index contributed by atoms with van der Waals surface area (Å²) in [4.78, 5) is 20.2. The van der Waals surface area contributed by atoms with Gasteiger partial charge in [-0.2, -0.15) is 4.98 Å². The van der Waals surface area contributed by atoms with E-state index in [0.29, 0.717) is 11.5 Å². The van der Waals surface area contributed by atoms with E-state index in [9.17, 15) is 4.79 Å². The Labute approximate surface area is 195 Å². The predicted octanol–water partition coefficient (Wildman–Crippen LogP) is 5.85. The van der Waals surface area contributed by atoms with E-state index in [1.807, 2.05) is 19.1 Å². The molecule has 4 nitrogen and oxygen atoms in total. The average molecular weight is 450 g/mol. The lowest BCUT2D eigenvalue weighted by molar-refractivity contribution is 0.255. The van der Waals surface area contributed by atoms with Gasteiger partial charge in [0.15, 0.2) is 0 Å². The van der Waals surface area contributed by atoms with Gasteiger partial charge in [0, 0.05) is 5.03 Å². The number of likely N-dealkylation sites (tertiary alicyclic amines) is 1. The van der Waals surface area contributed by atoms with Crippen LogP contribution >= 0.6 is 11.6 Å². The minimum absolute atomic E-state index is 0.180. The average Bonchev–Trinajstić information content (AvgIpc) is 3.03. The van der Waals surface area contributed by atoms with Crippen LogP contribution in [0.5, 0.6) is 0 Å². The Morgan fingerprint density at radius 1 is 1.22 bits per heavy atom. The molecule has 1 aromatic carbocycles. The Morgan fingerprint density at radius 3 is 2.59 bits per heavy atom. The van der Waals surface area contributed by atoms with Gasteiger partial charge >= 0.3 is 0 Å². The summed E-state index contributed by atoms with van der Waals surface area (Å²) < 4.78 is 2.23. The lowest BCUT2D eigenvalue weighted by Gasteiger charge is -2.34. The van der Waals surface area contributed by atoms with Crippen molar-refractivity contribution in [3.63, 3.8) is 0 Å². The molecule has 0 bridgehead atoms. The third-order valence-corrected chi connectivity index (χ3v) is 8.02. The molecule has 168 valence electrons. The Balaban J connectivity index is 1.77. The number of nitrogens with zero attached hydrogens (tertiary/aromatic N) is 3. The molecular formula is C27H32ClN3O. The van der Waals surface area contributed by atoms with Crippen molar-refractivity contribution in [1.29, 1.82) is 0 Å². The van der Waals surface area contributed by atoms with Crippen molar-refractivity contribution < 1.29 is 0 Å². The highest BCUT2D eigenvalue weighted by molar-refractivity contribution is 6.48. The second-order valence-electron chi connectivity index (χ2n) is 9.74. The lowest BCUT2D eigenvalue weighted by Crippen LogP contribution is -2.33. The van der Waals surface area contributed by atoms with Crippen molar-refractivity contribution in [3.05, 3.63) is 69.4 Å². The second-order valence-corrected chi connectivity index (χ2v) is 10.2. The number of hydrogen-bond acceptors (Lipinski definition) is 3. The maximum absolute atomic E-state index is 13.1. The second kappa shape index (κ2) is 8.31. The summed E-state index contributed by atoms with van der Waals surface area (Å²) in [6.07, 6.45) is 12.0. The van der Waals surface area contributed by atoms with Crippen LogP contribution in [0.3, 0.4) is 0 Å². The van der Waals surface area contributed by atoms with E-state index >= 15 is 0 Å². The van der Waals surface area contributed by atoms with Crippen LogP contribution in [0.4, 0.5) is 0 Å². The van der Waals surface area contributed by atoms with E-state index in [4.69, 9.17) is 11.6 Å². The van der Waals surface area contributed by atoms with Gasteiger partial charge in [0.1, 0.15) is 5.82 Å². The largest absolute Gasteiger partial charge is 0.306 e. The van der Waals surface area contributed by atoms with Crippen LogP contribution in [0.1, 0.15) is 86.0 Å². The highest BCUT2D eigenvalue weighted by atomic mass is 35.5. The van der Waals surface area contributed by atoms with Gasteiger partial charge in [-0.05, 0) is 81.9 Å². The standard InChI is InChI=1S/C27H32ClN3O/c1-4-8-22-24(18(2)28)25(32)29-26-27(13-6-5-7-14-27)21-10-9-20(17-23(21)31(22)26)19-11-15-30(3)16-12-19/h4,8-10,17,19H,2,5-7,11-16H2,1,3H3/b8-4-. The minimum Gasteiger partial charge on any atom is -0.306 e. The smallest absolute Gasteiger partial charge is 0.282 e. The number of allylic oxidation sites excluding steroid dienone is 1. The molecule has 32 heavy (non-hydrogen) atoms. The highest BCUT2D eigenvalue weighted by Gasteiger charge is 2.47. The Kier molecular flexibility index (Phi) is 5.63. The first-order valence-electron chi connectivity index (χ1n) is 11.9. The molecule has 1 saturated carbocycles. The van der Waals surface area contributed by atoms with E-state index in [1.165, 1.54) is 36.1 Å². The lowest BCUT2D eigenvalue weighted by atomic mass is 9.69. The van der Waals surface area contributed by atoms with Crippen LogP contribution in [0.2, 0.25) is 0 Å². The first-order valence-corrected chi connectivity index (χ1v) is 12.3. The fraction of sp³-hybridized carbons (Fsp3) is 0.481. The number of benzene rings is 1. The number of fused-ring (bicyclic) bond motifs is 5. The maximum atomic E-state index is 13.1. The molecule has 0 radical (unpaired) electrons. The molecule has 2 aliphatic heterocycles. The zero-order valence-corrected chi connectivity index (χ0v) is 19.9. The molecule has 1 spiro atoms. The third-order valence-electron chi connectivity index (χ3n) is 7.83. The SMILES string of the molecule is C=C(Cl)c1c(/C=C\C)n2c(nc1=O)C1(CCCCC1)c1ccc(C3CCN(C)CC3)cc1-2. The molecule has 1 aromatic heterocycles. The normalized spacial score (nSPS) is 20.6. The van der Waals surface area contributed by atoms with Gasteiger partial charge in [-0.1, -0.05) is 55.7 Å². The van der Waals surface area contributed by atoms with Crippen LogP contribution in [0.15, 0.2) is 35.6 Å². The van der Waals surface area contributed by atoms with Gasteiger partial charge in [-0.3, -0.25) is 9.36 Å². The zero-order chi connectivity index (χ0) is 22.5. The van der Waals surface area contributed by atoms with Gasteiger partial charge in [0.05, 0.1) is 22.4 Å². The Bertz CT molecular complexity index is 1150. The van der Waals surface area contributed by atoms with Crippen molar-refractivity contribution in [2.24, 2.45) is 0 Å². The van der Waals surface area contributed by atoms with Gasteiger partial charge in [-0.25, -0.2) is 0 Å². The zero-order valence-electron chi connectivity index (χ0n) is 19.2. The highest BCUT2D eigenvalue weighted by Crippen LogP contribution is 2.52. The first kappa shape index (κ1) is 21.7. The Morgan fingerprint density at radius 2 is 1.94 bits per heavy atom. The van der Waals surface area contributed by atoms with Crippen molar-refractivity contribution in [2.75, 3.05) is 20.1 Å². The number of aromatic nitrogens is 2. The van der Waals surface area contributed by atoms with Crippen LogP contribution < -0.4 is 5.56 Å². The summed E-state index contributed by atoms with van der Waals surface area (Å²) in [6.45, 7) is 8.13. The molecule has 3 aliphatic rings. The number of rotatable bonds is 3. The fourth-order valence-corrected chi connectivity index (χ4v) is 6.35. The van der Waals surface area contributed by atoms with E-state index in [2.05, 4.69) is 46.3 Å². The predicted molar refractivity (Wildman–Crippen MR) is 133 cm³/mol. The summed E-state index contributed by atoms with van der Waals surface area (Å²) >= 11 is 6.34. The van der Waals surface area contributed by atoms with Crippen LogP contribution in [0, 0.1) is 0 Å². The topological polar surface area (TPSA) is 38.1 Å². The molecule has 0 unspecified atom stereocenters. The quantitative estimate of drug-likeness (QED) is 0.590. The van der Waals surface area contributed by atoms with Crippen molar-refractivity contribution in [2.45, 2.75) is 63.2 Å². The van der Waals surface area contributed by atoms with Gasteiger partial charge in [-0.15, -0.1) is 0 Å². The monoisotopic (exact) mass is 449 g/mol. The van der Waals surface area contributed by atoms with E-state index < -0.39 is 0 Å². The van der Waals surface area contributed by atoms with E-state index in [1.54, 1.807) is 0 Å². The van der Waals surface area contributed by atoms with Crippen LogP contribution in [0.25, 0.3) is 16.8 Å². The van der Waals surface area contributed by atoms with Crippen molar-refractivity contribution in [1.82, 2.24) is 14.5 Å². The molecule has 0 amide bonds. The van der Waals surface area contributed by atoms with Crippen LogP contribution in [-0.4, -0.2) is 34.6 Å². The summed E-state index contributed by atoms with van der Waals surface area (Å²) in [6, 6.07) is 7.05. The molecule has 0 N–H and O–H groups in total. The molecule has 1 aliphatic carbocycles. The van der Waals surface area contributed by atoms with E-state index in [-0.39, 0.29) is 16.0 Å². The third kappa shape index (κ3) is 3.31. The minimum atomic E-state index is -0.266. The van der Waals surface area contributed by atoms with Crippen molar-refractivity contribution in [3.8, 4) is 5.69 Å². The first-order chi connectivity index (χ1) is 15.5. The molecular weight excluding hydrogens is 418 g/mol. The van der Waals surface area contributed by atoms with Gasteiger partial charge in [0.25, 0.3) is 5.56 Å². The fourth-order valence-electron chi connectivity index (χ4n) is 6.18. The maximum Gasteiger partial charge on any atom is 0.282 e. The van der Waals surface area contributed by atoms with Gasteiger partial charge < -0.3 is 4.90 Å². The molecule has 2 fully saturated rings.